The second kappa shape index (κ2) is 4.46. The zero-order valence-corrected chi connectivity index (χ0v) is 9.20. The molecule has 0 amide bonds. The Hall–Kier alpha value is -1.66. The molecule has 16 heavy (non-hydrogen) atoms. The van der Waals surface area contributed by atoms with E-state index in [9.17, 15) is 4.79 Å². The van der Waals surface area contributed by atoms with Gasteiger partial charge in [0.1, 0.15) is 6.04 Å². The van der Waals surface area contributed by atoms with Gasteiger partial charge in [0.25, 0.3) is 0 Å². The van der Waals surface area contributed by atoms with Crippen molar-refractivity contribution in [3.63, 3.8) is 0 Å². The zero-order chi connectivity index (χ0) is 11.5. The molecule has 4 N–H and O–H groups in total. The van der Waals surface area contributed by atoms with E-state index in [1.165, 1.54) is 11.3 Å². The fourth-order valence-corrected chi connectivity index (χ4v) is 2.16. The Morgan fingerprint density at radius 3 is 3.12 bits per heavy atom. The first-order valence-electron chi connectivity index (χ1n) is 4.73. The monoisotopic (exact) mass is 237 g/mol. The van der Waals surface area contributed by atoms with Crippen molar-refractivity contribution >= 4 is 17.3 Å². The molecule has 0 spiro atoms. The molecule has 0 fully saturated rings. The summed E-state index contributed by atoms with van der Waals surface area (Å²) < 4.78 is 0. The molecule has 0 aliphatic carbocycles. The summed E-state index contributed by atoms with van der Waals surface area (Å²) in [6.07, 6.45) is 3.93. The number of hydrogen-bond acceptors (Lipinski definition) is 4. The minimum Gasteiger partial charge on any atom is -0.480 e. The van der Waals surface area contributed by atoms with Crippen LogP contribution in [0.2, 0.25) is 0 Å². The lowest BCUT2D eigenvalue weighted by Crippen LogP contribution is -2.32. The number of aliphatic carboxylic acids is 1. The maximum atomic E-state index is 10.6. The Balaban J connectivity index is 2.11. The molecule has 0 aliphatic heterocycles. The van der Waals surface area contributed by atoms with Crippen LogP contribution in [0.4, 0.5) is 0 Å². The number of H-pyrrole nitrogens is 1. The van der Waals surface area contributed by atoms with Gasteiger partial charge < -0.3 is 15.8 Å². The molecule has 0 saturated carbocycles. The third-order valence-corrected chi connectivity index (χ3v) is 3.03. The van der Waals surface area contributed by atoms with Crippen LogP contribution in [-0.2, 0) is 11.2 Å². The molecule has 0 bridgehead atoms. The van der Waals surface area contributed by atoms with Gasteiger partial charge in [0.2, 0.25) is 0 Å². The third kappa shape index (κ3) is 2.29. The predicted molar refractivity (Wildman–Crippen MR) is 61.2 cm³/mol. The molecule has 0 aliphatic rings. The Morgan fingerprint density at radius 1 is 1.69 bits per heavy atom. The maximum Gasteiger partial charge on any atom is 0.320 e. The summed E-state index contributed by atoms with van der Waals surface area (Å²) in [5.41, 5.74) is 7.28. The fourth-order valence-electron chi connectivity index (χ4n) is 1.30. The molecule has 2 heterocycles. The van der Waals surface area contributed by atoms with Gasteiger partial charge in [-0.25, -0.2) is 4.98 Å². The number of thiazole rings is 1. The lowest BCUT2D eigenvalue weighted by molar-refractivity contribution is -0.138. The number of rotatable bonds is 4. The van der Waals surface area contributed by atoms with Crippen LogP contribution >= 0.6 is 11.3 Å². The van der Waals surface area contributed by atoms with Crippen LogP contribution < -0.4 is 5.73 Å². The van der Waals surface area contributed by atoms with Crippen molar-refractivity contribution < 1.29 is 9.90 Å². The number of hydrogen-bond donors (Lipinski definition) is 3. The number of carboxylic acids is 1. The molecule has 2 rings (SSSR count). The largest absolute Gasteiger partial charge is 0.480 e. The topological polar surface area (TPSA) is 92.0 Å². The van der Waals surface area contributed by atoms with E-state index in [1.807, 2.05) is 23.8 Å². The van der Waals surface area contributed by atoms with Gasteiger partial charge in [-0.2, -0.15) is 0 Å². The molecule has 6 heteroatoms. The smallest absolute Gasteiger partial charge is 0.320 e. The number of aromatic amines is 1. The van der Waals surface area contributed by atoms with Crippen LogP contribution in [-0.4, -0.2) is 27.1 Å². The summed E-state index contributed by atoms with van der Waals surface area (Å²) >= 11 is 1.43. The number of nitrogens with one attached hydrogen (secondary N) is 1. The molecule has 1 atom stereocenters. The second-order valence-corrected chi connectivity index (χ2v) is 4.32. The van der Waals surface area contributed by atoms with Gasteiger partial charge in [0.05, 0.1) is 10.7 Å². The minimum atomic E-state index is -1.00. The summed E-state index contributed by atoms with van der Waals surface area (Å²) in [6.45, 7) is 0. The first-order chi connectivity index (χ1) is 7.66. The quantitative estimate of drug-likeness (QED) is 0.742. The molecular weight excluding hydrogens is 226 g/mol. The first-order valence-corrected chi connectivity index (χ1v) is 5.60. The molecule has 0 radical (unpaired) electrons. The highest BCUT2D eigenvalue weighted by Gasteiger charge is 2.14. The molecule has 84 valence electrons. The van der Waals surface area contributed by atoms with E-state index in [2.05, 4.69) is 9.97 Å². The standard InChI is InChI=1S/C10H11N3O2S/c11-7(10(14)15)3-9-13-8(5-16-9)6-1-2-12-4-6/h1-2,4-5,7,12H,3,11H2,(H,14,15). The average Bonchev–Trinajstić information content (AvgIpc) is 2.85. The van der Waals surface area contributed by atoms with Crippen LogP contribution in [0.15, 0.2) is 23.8 Å². The normalized spacial score (nSPS) is 12.6. The van der Waals surface area contributed by atoms with Gasteiger partial charge in [0.15, 0.2) is 0 Å². The van der Waals surface area contributed by atoms with E-state index in [0.29, 0.717) is 0 Å². The predicted octanol–water partition coefficient (Wildman–Crippen LogP) is 1.09. The maximum absolute atomic E-state index is 10.6. The molecule has 0 saturated heterocycles. The van der Waals surface area contributed by atoms with Crippen molar-refractivity contribution in [2.75, 3.05) is 0 Å². The van der Waals surface area contributed by atoms with Crippen molar-refractivity contribution in [2.24, 2.45) is 5.73 Å². The Morgan fingerprint density at radius 2 is 2.50 bits per heavy atom. The lowest BCUT2D eigenvalue weighted by atomic mass is 10.2. The molecule has 0 aromatic carbocycles. The number of nitrogens with two attached hydrogens (primary N) is 1. The molecule has 5 nitrogen and oxygen atoms in total. The van der Waals surface area contributed by atoms with Crippen molar-refractivity contribution in [1.82, 2.24) is 9.97 Å². The van der Waals surface area contributed by atoms with Gasteiger partial charge in [-0.15, -0.1) is 11.3 Å². The second-order valence-electron chi connectivity index (χ2n) is 3.38. The van der Waals surface area contributed by atoms with Gasteiger partial charge in [-0.05, 0) is 6.07 Å². The zero-order valence-electron chi connectivity index (χ0n) is 8.38. The van der Waals surface area contributed by atoms with Crippen molar-refractivity contribution in [2.45, 2.75) is 12.5 Å². The van der Waals surface area contributed by atoms with Crippen LogP contribution in [0.3, 0.4) is 0 Å². The highest BCUT2D eigenvalue weighted by atomic mass is 32.1. The Bertz CT molecular complexity index is 478. The van der Waals surface area contributed by atoms with Crippen molar-refractivity contribution in [3.8, 4) is 11.3 Å². The summed E-state index contributed by atoms with van der Waals surface area (Å²) in [5, 5.41) is 11.3. The van der Waals surface area contributed by atoms with Gasteiger partial charge in [-0.3, -0.25) is 4.79 Å². The molecule has 1 unspecified atom stereocenters. The van der Waals surface area contributed by atoms with Gasteiger partial charge >= 0.3 is 5.97 Å². The number of aromatic nitrogens is 2. The van der Waals surface area contributed by atoms with E-state index in [4.69, 9.17) is 10.8 Å². The lowest BCUT2D eigenvalue weighted by Gasteiger charge is -2.01. The van der Waals surface area contributed by atoms with Crippen LogP contribution in [0.5, 0.6) is 0 Å². The van der Waals surface area contributed by atoms with Crippen LogP contribution in [0, 0.1) is 0 Å². The highest BCUT2D eigenvalue weighted by molar-refractivity contribution is 7.10. The third-order valence-electron chi connectivity index (χ3n) is 2.16. The molecular formula is C10H11N3O2S. The SMILES string of the molecule is NC(Cc1nc(-c2cc[nH]c2)cs1)C(=O)O. The van der Waals surface area contributed by atoms with E-state index in [0.717, 1.165) is 16.3 Å². The fraction of sp³-hybridized carbons (Fsp3) is 0.200. The minimum absolute atomic E-state index is 0.268. The van der Waals surface area contributed by atoms with Gasteiger partial charge in [0, 0.05) is 29.8 Å². The van der Waals surface area contributed by atoms with E-state index < -0.39 is 12.0 Å². The van der Waals surface area contributed by atoms with Crippen LogP contribution in [0.25, 0.3) is 11.3 Å². The summed E-state index contributed by atoms with van der Waals surface area (Å²) in [4.78, 5) is 17.9. The summed E-state index contributed by atoms with van der Waals surface area (Å²) in [6, 6.07) is 1.03. The summed E-state index contributed by atoms with van der Waals surface area (Å²) in [5.74, 6) is -1.00. The number of nitrogens with zero attached hydrogens (tertiary/aromatic N) is 1. The van der Waals surface area contributed by atoms with Crippen molar-refractivity contribution in [1.29, 1.82) is 0 Å². The van der Waals surface area contributed by atoms with Gasteiger partial charge in [-0.1, -0.05) is 0 Å². The Kier molecular flexibility index (Phi) is 3.02. The Labute approximate surface area is 95.9 Å². The number of carbonyl (C=O) groups is 1. The van der Waals surface area contributed by atoms with E-state index in [1.54, 1.807) is 0 Å². The average molecular weight is 237 g/mol. The van der Waals surface area contributed by atoms with E-state index in [-0.39, 0.29) is 6.42 Å². The van der Waals surface area contributed by atoms with Crippen molar-refractivity contribution in [3.05, 3.63) is 28.8 Å². The van der Waals surface area contributed by atoms with E-state index >= 15 is 0 Å². The first kappa shape index (κ1) is 10.8. The highest BCUT2D eigenvalue weighted by Crippen LogP contribution is 2.21. The molecule has 2 aromatic rings. The van der Waals surface area contributed by atoms with Crippen LogP contribution in [0.1, 0.15) is 5.01 Å². The molecule has 2 aromatic heterocycles. The summed E-state index contributed by atoms with van der Waals surface area (Å²) in [7, 11) is 0. The number of carboxylic acid groups (broad SMARTS) is 1.